The van der Waals surface area contributed by atoms with Crippen molar-refractivity contribution in [1.82, 2.24) is 0 Å². The predicted octanol–water partition coefficient (Wildman–Crippen LogP) is 8.99. The standard InChI is InChI=1S/C28H28O6.C19H18O3/c1-3-20-7-11-22(12-8-20)6-5-17-32-34-25-19-31-27-24(18-30-28(25)27)33-26(29)16-15-23-13-9-21(4-2)10-14-23;1-3-14-5-9-17(10-6-14)22-19(20)16-8-11-18-15(12-16)7-4-13(2)21-18/h3-16,24-25,27-28H,1-2,17-19H2;3,5-6,8-13H,1,4,7H2,2H3/b6-5+,16-15-;. The lowest BCUT2D eigenvalue weighted by Crippen LogP contribution is -2.34. The fourth-order valence-electron chi connectivity index (χ4n) is 6.29. The van der Waals surface area contributed by atoms with E-state index in [1.807, 2.05) is 84.9 Å². The van der Waals surface area contributed by atoms with E-state index in [0.29, 0.717) is 17.9 Å². The zero-order valence-corrected chi connectivity index (χ0v) is 31.4. The molecule has 0 radical (unpaired) electrons. The summed E-state index contributed by atoms with van der Waals surface area (Å²) in [6.07, 6.45) is 12.8. The molecule has 3 aliphatic rings. The molecular weight excluding hydrogens is 709 g/mol. The molecule has 56 heavy (non-hydrogen) atoms. The predicted molar refractivity (Wildman–Crippen MR) is 218 cm³/mol. The maximum atomic E-state index is 12.3. The minimum absolute atomic E-state index is 0.230. The monoisotopic (exact) mass is 754 g/mol. The van der Waals surface area contributed by atoms with Crippen molar-refractivity contribution < 1.29 is 43.0 Å². The quantitative estimate of drug-likeness (QED) is 0.0331. The zero-order chi connectivity index (χ0) is 39.3. The topological polar surface area (TPSA) is 98.8 Å². The van der Waals surface area contributed by atoms with Crippen molar-refractivity contribution in [3.63, 3.8) is 0 Å². The first kappa shape index (κ1) is 39.8. The third kappa shape index (κ3) is 10.9. The van der Waals surface area contributed by atoms with Crippen LogP contribution in [0.25, 0.3) is 30.4 Å². The Morgan fingerprint density at radius 1 is 0.732 bits per heavy atom. The number of esters is 2. The van der Waals surface area contributed by atoms with Crippen LogP contribution in [0.3, 0.4) is 0 Å². The highest BCUT2D eigenvalue weighted by molar-refractivity contribution is 5.91. The molecule has 9 nitrogen and oxygen atoms in total. The number of benzene rings is 4. The van der Waals surface area contributed by atoms with Gasteiger partial charge in [-0.1, -0.05) is 111 Å². The van der Waals surface area contributed by atoms with Gasteiger partial charge in [-0.15, -0.1) is 0 Å². The Hall–Kier alpha value is -5.84. The molecule has 288 valence electrons. The van der Waals surface area contributed by atoms with Gasteiger partial charge in [0.25, 0.3) is 0 Å². The van der Waals surface area contributed by atoms with Crippen LogP contribution in [-0.2, 0) is 35.2 Å². The Balaban J connectivity index is 0.000000208. The first-order valence-corrected chi connectivity index (χ1v) is 18.6. The van der Waals surface area contributed by atoms with Crippen LogP contribution in [0, 0.1) is 0 Å². The third-order valence-electron chi connectivity index (χ3n) is 9.42. The Kier molecular flexibility index (Phi) is 14.0. The molecular formula is C47H46O9. The lowest BCUT2D eigenvalue weighted by atomic mass is 10.0. The number of fused-ring (bicyclic) bond motifs is 2. The van der Waals surface area contributed by atoms with Crippen LogP contribution >= 0.6 is 0 Å². The summed E-state index contributed by atoms with van der Waals surface area (Å²) >= 11 is 0. The first-order valence-electron chi connectivity index (χ1n) is 18.6. The average molecular weight is 755 g/mol. The summed E-state index contributed by atoms with van der Waals surface area (Å²) in [6, 6.07) is 28.4. The van der Waals surface area contributed by atoms with E-state index in [1.54, 1.807) is 42.5 Å². The van der Waals surface area contributed by atoms with Crippen molar-refractivity contribution in [3.05, 3.63) is 162 Å². The van der Waals surface area contributed by atoms with Crippen LogP contribution in [0.1, 0.15) is 57.1 Å². The van der Waals surface area contributed by atoms with Gasteiger partial charge in [0.05, 0.1) is 24.9 Å². The van der Waals surface area contributed by atoms with Gasteiger partial charge in [0.15, 0.2) is 6.10 Å². The molecule has 0 amide bonds. The normalized spacial score (nSPS) is 20.9. The molecule has 0 bridgehead atoms. The molecule has 0 spiro atoms. The van der Waals surface area contributed by atoms with Crippen LogP contribution in [0.2, 0.25) is 0 Å². The average Bonchev–Trinajstić information content (AvgIpc) is 3.83. The maximum absolute atomic E-state index is 12.3. The van der Waals surface area contributed by atoms with Gasteiger partial charge in [-0.05, 0) is 89.6 Å². The van der Waals surface area contributed by atoms with Crippen LogP contribution in [0.5, 0.6) is 11.5 Å². The molecule has 5 unspecified atom stereocenters. The van der Waals surface area contributed by atoms with E-state index in [-0.39, 0.29) is 43.6 Å². The van der Waals surface area contributed by atoms with E-state index >= 15 is 0 Å². The van der Waals surface area contributed by atoms with E-state index in [2.05, 4.69) is 26.7 Å². The second-order valence-electron chi connectivity index (χ2n) is 13.4. The minimum atomic E-state index is -0.489. The van der Waals surface area contributed by atoms with Crippen molar-refractivity contribution in [2.45, 2.75) is 50.3 Å². The van der Waals surface area contributed by atoms with Crippen LogP contribution in [0.4, 0.5) is 0 Å². The van der Waals surface area contributed by atoms with Crippen molar-refractivity contribution in [2.75, 3.05) is 19.8 Å². The van der Waals surface area contributed by atoms with Crippen LogP contribution in [0.15, 0.2) is 123 Å². The van der Waals surface area contributed by atoms with E-state index in [4.69, 9.17) is 33.5 Å². The molecule has 3 heterocycles. The first-order chi connectivity index (χ1) is 27.3. The highest BCUT2D eigenvalue weighted by Crippen LogP contribution is 2.31. The number of rotatable bonds is 13. The molecule has 4 aromatic rings. The summed E-state index contributed by atoms with van der Waals surface area (Å²) in [5.41, 5.74) is 6.64. The van der Waals surface area contributed by atoms with E-state index in [0.717, 1.165) is 52.0 Å². The molecule has 0 saturated carbocycles. The minimum Gasteiger partial charge on any atom is -0.490 e. The number of carbonyl (C=O) groups excluding carboxylic acids is 2. The van der Waals surface area contributed by atoms with Crippen molar-refractivity contribution in [2.24, 2.45) is 0 Å². The van der Waals surface area contributed by atoms with Crippen molar-refractivity contribution in [1.29, 1.82) is 0 Å². The van der Waals surface area contributed by atoms with Gasteiger partial charge in [-0.3, -0.25) is 0 Å². The summed E-state index contributed by atoms with van der Waals surface area (Å²) in [6.45, 7) is 14.1. The molecule has 0 aliphatic carbocycles. The molecule has 9 heteroatoms. The summed E-state index contributed by atoms with van der Waals surface area (Å²) < 4.78 is 28.2. The highest BCUT2D eigenvalue weighted by Gasteiger charge is 2.50. The Morgan fingerprint density at radius 2 is 1.30 bits per heavy atom. The van der Waals surface area contributed by atoms with Gasteiger partial charge >= 0.3 is 11.9 Å². The second-order valence-corrected chi connectivity index (χ2v) is 13.4. The lowest BCUT2D eigenvalue weighted by molar-refractivity contribution is -0.326. The zero-order valence-electron chi connectivity index (χ0n) is 31.4. The third-order valence-corrected chi connectivity index (χ3v) is 9.42. The lowest BCUT2D eigenvalue weighted by Gasteiger charge is -2.23. The van der Waals surface area contributed by atoms with Gasteiger partial charge in [0.2, 0.25) is 0 Å². The second kappa shape index (κ2) is 19.7. The Labute approximate surface area is 328 Å². The molecule has 5 atom stereocenters. The number of hydrogen-bond donors (Lipinski definition) is 0. The van der Waals surface area contributed by atoms with Gasteiger partial charge < -0.3 is 23.7 Å². The SMILES string of the molecule is C=Cc1ccc(/C=C\C(=O)OC2COC3C(OOC/C=C/c4ccc(C=C)cc4)COC23)cc1.C=Cc1ccc(OC(=O)c2ccc3c(c2)CCC(C)O3)cc1. The fraction of sp³-hybridized carbons (Fsp3) is 0.234. The fourth-order valence-corrected chi connectivity index (χ4v) is 6.29. The number of aryl methyl sites for hydroxylation is 1. The Morgan fingerprint density at radius 3 is 1.95 bits per heavy atom. The number of carbonyl (C=O) groups is 2. The van der Waals surface area contributed by atoms with Gasteiger partial charge in [0, 0.05) is 6.08 Å². The highest BCUT2D eigenvalue weighted by atomic mass is 17.2. The van der Waals surface area contributed by atoms with E-state index < -0.39 is 12.1 Å². The van der Waals surface area contributed by atoms with Crippen LogP contribution < -0.4 is 9.47 Å². The largest absolute Gasteiger partial charge is 0.490 e. The molecule has 7 rings (SSSR count). The number of hydrogen-bond acceptors (Lipinski definition) is 9. The number of ether oxygens (including phenoxy) is 5. The summed E-state index contributed by atoms with van der Waals surface area (Å²) in [5.74, 6) is 0.592. The van der Waals surface area contributed by atoms with Gasteiger partial charge in [0.1, 0.15) is 36.4 Å². The molecule has 0 N–H and O–H groups in total. The summed E-state index contributed by atoms with van der Waals surface area (Å²) in [4.78, 5) is 35.3. The summed E-state index contributed by atoms with van der Waals surface area (Å²) in [5, 5.41) is 0. The molecule has 3 aliphatic heterocycles. The Bertz CT molecular complexity index is 2030. The summed E-state index contributed by atoms with van der Waals surface area (Å²) in [7, 11) is 0. The van der Waals surface area contributed by atoms with Gasteiger partial charge in [-0.25, -0.2) is 19.4 Å². The molecule has 4 aromatic carbocycles. The molecule has 2 saturated heterocycles. The van der Waals surface area contributed by atoms with E-state index in [9.17, 15) is 9.59 Å². The van der Waals surface area contributed by atoms with E-state index in [1.165, 1.54) is 6.08 Å². The van der Waals surface area contributed by atoms with Crippen molar-refractivity contribution >= 4 is 42.3 Å². The maximum Gasteiger partial charge on any atom is 0.343 e. The molecule has 0 aromatic heterocycles. The van der Waals surface area contributed by atoms with Crippen molar-refractivity contribution in [3.8, 4) is 11.5 Å². The van der Waals surface area contributed by atoms with Crippen LogP contribution in [-0.4, -0.2) is 62.3 Å². The molecule has 2 fully saturated rings. The van der Waals surface area contributed by atoms with Gasteiger partial charge in [-0.2, -0.15) is 0 Å². The smallest absolute Gasteiger partial charge is 0.343 e.